The molecule has 7 heterocycles. The molecule has 0 saturated carbocycles. The highest BCUT2D eigenvalue weighted by Crippen LogP contribution is 2.66. The second-order valence-electron chi connectivity index (χ2n) is 21.3. The molecule has 3 aliphatic rings. The molecule has 6 aromatic rings. The van der Waals surface area contributed by atoms with Gasteiger partial charge in [-0.2, -0.15) is 13.6 Å². The molecular formula is C56H67BF2N11O20P3S. The maximum atomic E-state index is 16.2. The number of ether oxygens (including phenoxy) is 3. The molecule has 3 amide bonds. The number of halogens is 2. The number of aryl methyl sites for hydroxylation is 2. The van der Waals surface area contributed by atoms with Crippen LogP contribution < -0.4 is 36.6 Å². The van der Waals surface area contributed by atoms with Crippen LogP contribution in [-0.2, 0) is 70.2 Å². The van der Waals surface area contributed by atoms with Crippen molar-refractivity contribution in [2.24, 2.45) is 0 Å². The number of thiophene rings is 1. The van der Waals surface area contributed by atoms with E-state index in [2.05, 4.69) is 49.9 Å². The number of carbonyl (C=O) groups excluding carboxylic acids is 3. The zero-order chi connectivity index (χ0) is 67.0. The second kappa shape index (κ2) is 32.2. The Hall–Kier alpha value is -7.69. The van der Waals surface area contributed by atoms with Crippen molar-refractivity contribution < 1.29 is 103 Å². The average molecular weight is 1390 g/mol. The summed E-state index contributed by atoms with van der Waals surface area (Å²) in [6.45, 7) is -3.74. The fraction of sp³-hybridized carbons (Fsp3) is 0.357. The van der Waals surface area contributed by atoms with Crippen molar-refractivity contribution in [1.29, 1.82) is 0 Å². The number of fused-ring (bicyclic) bond motifs is 2. The van der Waals surface area contributed by atoms with Gasteiger partial charge in [-0.25, -0.2) is 24.0 Å². The summed E-state index contributed by atoms with van der Waals surface area (Å²) >= 11 is 1.41. The van der Waals surface area contributed by atoms with Crippen LogP contribution >= 0.6 is 34.8 Å². The van der Waals surface area contributed by atoms with E-state index in [1.165, 1.54) is 17.4 Å². The van der Waals surface area contributed by atoms with E-state index in [0.717, 1.165) is 42.2 Å². The van der Waals surface area contributed by atoms with Crippen molar-refractivity contribution in [1.82, 2.24) is 45.0 Å². The number of aliphatic hydroxyl groups is 2. The molecule has 2 unspecified atom stereocenters. The summed E-state index contributed by atoms with van der Waals surface area (Å²) in [5.41, 5.74) is 5.65. The maximum Gasteiger partial charge on any atom is 0.737 e. The highest BCUT2D eigenvalue weighted by atomic mass is 32.1. The molecule has 4 aromatic heterocycles. The third-order valence-corrected chi connectivity index (χ3v) is 19.0. The monoisotopic (exact) mass is 1390 g/mol. The number of nitrogens with one attached hydrogen (secondary N) is 4. The molecule has 0 aliphatic carbocycles. The van der Waals surface area contributed by atoms with Crippen LogP contribution in [0.4, 0.5) is 14.4 Å². The molecule has 38 heteroatoms. The Morgan fingerprint density at radius 2 is 1.49 bits per heavy atom. The summed E-state index contributed by atoms with van der Waals surface area (Å²) in [4.78, 5) is 96.4. The lowest BCUT2D eigenvalue weighted by Crippen LogP contribution is -2.50. The number of anilines is 1. The minimum Gasteiger partial charge on any atom is -0.484 e. The van der Waals surface area contributed by atoms with Gasteiger partial charge in [0.25, 0.3) is 11.8 Å². The molecule has 0 radical (unpaired) electrons. The zero-order valence-electron chi connectivity index (χ0n) is 49.9. The highest BCUT2D eigenvalue weighted by molar-refractivity contribution is 7.66. The van der Waals surface area contributed by atoms with Crippen molar-refractivity contribution >= 4 is 89.3 Å². The van der Waals surface area contributed by atoms with E-state index in [1.807, 2.05) is 29.6 Å². The van der Waals surface area contributed by atoms with Crippen LogP contribution in [0.15, 0.2) is 119 Å². The number of phosphoric ester groups is 1. The number of hydrogen-bond donors (Lipinski definition) is 10. The lowest BCUT2D eigenvalue weighted by atomic mass is 9.90. The number of allylic oxidation sites excluding steroid dienone is 2. The molecule has 504 valence electrons. The standard InChI is InChI=1S/C56H67BF2N11O20P3S/c58-57(59)69-41(16-17-42(69)33-43-18-23-46(70(43)57)48-8-5-32-94-48)15-10-39-13-21-45(22-14-39)84-36-51(72)61-26-3-1-2-9-50(71)60-27-6-29-67-34-40(64-66-67)24-28-62-52(73)37-85-44-19-11-38(12-20-44)7-4-31-86-65-49-25-30-68(56(76)63-49)55-54(75)53(74)47(88-55)35-87-92(80,81)90-93(82,83)89-91(77,78)79/h5,8,10-23,25,30,32-34,47,53-55,74-75H,1-4,6-7,9,24,26-29,31,35-37H2,(H,60,71)(H,61,72)(H,62,73)(H,80,81)(H,82,83)(H,63,65,76)(H2,77,78,79)/b15-10+/t47-,53-,54-,55-/m1/s1. The van der Waals surface area contributed by atoms with Crippen molar-refractivity contribution in [3.8, 4) is 11.5 Å². The van der Waals surface area contributed by atoms with Gasteiger partial charge in [-0.15, -0.1) is 16.4 Å². The Kier molecular flexibility index (Phi) is 24.2. The molecule has 1 fully saturated rings. The summed E-state index contributed by atoms with van der Waals surface area (Å²) in [5, 5.41) is 39.6. The third kappa shape index (κ3) is 20.2. The van der Waals surface area contributed by atoms with Crippen LogP contribution in [-0.4, -0.2) is 158 Å². The number of rotatable bonds is 36. The second-order valence-corrected chi connectivity index (χ2v) is 26.7. The molecule has 10 N–H and O–H groups in total. The van der Waals surface area contributed by atoms with Crippen LogP contribution in [0.3, 0.4) is 0 Å². The summed E-state index contributed by atoms with van der Waals surface area (Å²) in [7, 11) is -17.0. The van der Waals surface area contributed by atoms with E-state index >= 15 is 8.63 Å². The van der Waals surface area contributed by atoms with E-state index in [1.54, 1.807) is 89.8 Å². The van der Waals surface area contributed by atoms with Crippen LogP contribution in [0.1, 0.15) is 77.8 Å². The number of aromatic nitrogens is 6. The summed E-state index contributed by atoms with van der Waals surface area (Å²) < 4.78 is 99.8. The number of unbranched alkanes of at least 4 members (excludes halogenated alkanes) is 2. The van der Waals surface area contributed by atoms with Gasteiger partial charge >= 0.3 is 36.1 Å². The summed E-state index contributed by atoms with van der Waals surface area (Å²) in [6, 6.07) is 22.4. The number of aliphatic hydroxyl groups excluding tert-OH is 2. The first-order valence-electron chi connectivity index (χ1n) is 29.3. The summed E-state index contributed by atoms with van der Waals surface area (Å²) in [6.07, 6.45) is 9.30. The van der Waals surface area contributed by atoms with Gasteiger partial charge in [0.2, 0.25) is 5.91 Å². The van der Waals surface area contributed by atoms with Gasteiger partial charge in [-0.3, -0.25) is 33.0 Å². The number of carbonyl (C=O) groups is 3. The molecule has 94 heavy (non-hydrogen) atoms. The molecule has 3 aliphatic heterocycles. The van der Waals surface area contributed by atoms with Crippen LogP contribution in [0.2, 0.25) is 0 Å². The summed E-state index contributed by atoms with van der Waals surface area (Å²) in [5.74, 6) is 0.249. The van der Waals surface area contributed by atoms with Gasteiger partial charge < -0.3 is 77.5 Å². The fourth-order valence-electron chi connectivity index (χ4n) is 9.89. The van der Waals surface area contributed by atoms with Gasteiger partial charge in [-0.05, 0) is 103 Å². The number of hydrogen-bond acceptors (Lipinski definition) is 21. The van der Waals surface area contributed by atoms with Gasteiger partial charge in [-0.1, -0.05) is 48.0 Å². The molecule has 0 bridgehead atoms. The Balaban J connectivity index is 0.559. The normalized spacial score (nSPS) is 18.7. The molecule has 1 saturated heterocycles. The Bertz CT molecular complexity index is 3960. The average Bonchev–Trinajstić information content (AvgIpc) is 1.57. The first kappa shape index (κ1) is 70.6. The minimum atomic E-state index is -5.81. The van der Waals surface area contributed by atoms with Gasteiger partial charge in [0, 0.05) is 81.0 Å². The Labute approximate surface area is 538 Å². The number of nitrogens with zero attached hydrogens (tertiary/aromatic N) is 7. The number of amides is 3. The third-order valence-electron chi connectivity index (χ3n) is 14.3. The lowest BCUT2D eigenvalue weighted by Gasteiger charge is -2.30. The Morgan fingerprint density at radius 3 is 2.20 bits per heavy atom. The first-order valence-corrected chi connectivity index (χ1v) is 34.7. The molecule has 2 aromatic carbocycles. The van der Waals surface area contributed by atoms with Gasteiger partial charge in [0.1, 0.15) is 29.8 Å². The van der Waals surface area contributed by atoms with E-state index < -0.39 is 67.3 Å². The predicted octanol–water partition coefficient (Wildman–Crippen LogP) is 4.46. The molecule has 31 nitrogen and oxygen atoms in total. The first-order chi connectivity index (χ1) is 44.9. The molecular weight excluding hydrogens is 1320 g/mol. The molecule has 6 atom stereocenters. The van der Waals surface area contributed by atoms with Crippen molar-refractivity contribution in [2.45, 2.75) is 82.5 Å². The van der Waals surface area contributed by atoms with E-state index in [0.29, 0.717) is 111 Å². The van der Waals surface area contributed by atoms with Crippen molar-refractivity contribution in [3.63, 3.8) is 0 Å². The van der Waals surface area contributed by atoms with E-state index in [9.17, 15) is 52.9 Å². The lowest BCUT2D eigenvalue weighted by molar-refractivity contribution is -0.360. The minimum absolute atomic E-state index is 0.0265. The maximum absolute atomic E-state index is 16.2. The molecule has 9 rings (SSSR count). The van der Waals surface area contributed by atoms with Crippen LogP contribution in [0, 0.1) is 0 Å². The van der Waals surface area contributed by atoms with Crippen LogP contribution in [0.5, 0.6) is 11.5 Å². The predicted molar refractivity (Wildman–Crippen MR) is 334 cm³/mol. The van der Waals surface area contributed by atoms with Crippen LogP contribution in [0.25, 0.3) is 18.2 Å². The smallest absolute Gasteiger partial charge is 0.484 e. The zero-order valence-corrected chi connectivity index (χ0v) is 53.4. The molecule has 0 spiro atoms. The van der Waals surface area contributed by atoms with Crippen molar-refractivity contribution in [3.05, 3.63) is 158 Å². The van der Waals surface area contributed by atoms with E-state index in [-0.39, 0.29) is 43.4 Å². The van der Waals surface area contributed by atoms with E-state index in [4.69, 9.17) is 28.8 Å². The highest BCUT2D eigenvalue weighted by Gasteiger charge is 2.53. The topological polar surface area (TPSA) is 410 Å². The van der Waals surface area contributed by atoms with Crippen molar-refractivity contribution in [2.75, 3.05) is 51.5 Å². The quantitative estimate of drug-likeness (QED) is 0.0112. The number of benzene rings is 2. The largest absolute Gasteiger partial charge is 0.737 e. The Morgan fingerprint density at radius 1 is 0.777 bits per heavy atom. The van der Waals surface area contributed by atoms with Gasteiger partial charge in [0.15, 0.2) is 36.7 Å². The number of phosphoric acid groups is 3. The van der Waals surface area contributed by atoms with Gasteiger partial charge in [0.05, 0.1) is 23.8 Å². The fourth-order valence-corrected chi connectivity index (χ4v) is 13.7. The SMILES string of the molecule is O=C(CCCCCNC(=O)COc1ccc(/C=C/c2ccc3n2[B-](F)(F)[N+]2=C(c4cccs4)C=CC2=C3)cc1)NCCCn1cc(CCNC(=O)COc2ccc(CCCONc3ccn([C@@H]4O[C@H](COP(=O)(O)OP(=O)(O)OP(=O)(O)O)[C@@H](O)[C@H]4O)c(=O)n3)cc2)nn1.